The number of carbonyl (C=O) groups is 1. The van der Waals surface area contributed by atoms with Gasteiger partial charge in [-0.2, -0.15) is 8.42 Å². The van der Waals surface area contributed by atoms with E-state index in [9.17, 15) is 33.6 Å². The third-order valence-electron chi connectivity index (χ3n) is 9.42. The van der Waals surface area contributed by atoms with Gasteiger partial charge in [-0.25, -0.2) is 4.18 Å². The lowest BCUT2D eigenvalue weighted by atomic mass is 9.99. The summed E-state index contributed by atoms with van der Waals surface area (Å²) in [5, 5.41) is 44.5. The van der Waals surface area contributed by atoms with Gasteiger partial charge in [-0.1, -0.05) is 149 Å². The molecule has 0 aliphatic carbocycles. The Hall–Kier alpha value is -0.900. The minimum atomic E-state index is -5.06. The number of aliphatic hydroxyl groups is 4. The highest BCUT2D eigenvalue weighted by atomic mass is 32.3. The van der Waals surface area contributed by atoms with Crippen molar-refractivity contribution in [1.29, 1.82) is 0 Å². The first kappa shape index (κ1) is 46.1. The van der Waals surface area contributed by atoms with Crippen molar-refractivity contribution in [3.05, 3.63) is 0 Å². The van der Waals surface area contributed by atoms with Crippen molar-refractivity contribution < 1.29 is 51.8 Å². The van der Waals surface area contributed by atoms with Gasteiger partial charge in [-0.05, 0) is 12.8 Å². The maximum atomic E-state index is 12.9. The minimum Gasteiger partial charge on any atom is -0.394 e. The predicted octanol–water partition coefficient (Wildman–Crippen LogP) is 5.88. The molecule has 6 N–H and O–H groups in total. The van der Waals surface area contributed by atoms with Crippen LogP contribution in [0.2, 0.25) is 0 Å². The lowest BCUT2D eigenvalue weighted by Gasteiger charge is -2.41. The van der Waals surface area contributed by atoms with Crippen LogP contribution in [0.5, 0.6) is 0 Å². The molecule has 1 aliphatic rings. The molecule has 1 rings (SSSR count). The molecule has 1 heterocycles. The summed E-state index contributed by atoms with van der Waals surface area (Å²) in [6.45, 7) is 3.39. The molecule has 292 valence electrons. The molecule has 0 spiro atoms. The smallest absolute Gasteiger partial charge is 0.394 e. The van der Waals surface area contributed by atoms with E-state index in [1.807, 2.05) is 0 Å². The molecule has 1 aliphatic heterocycles. The molecule has 1 fully saturated rings. The minimum absolute atomic E-state index is 0.232. The van der Waals surface area contributed by atoms with Crippen molar-refractivity contribution in [1.82, 2.24) is 5.32 Å². The van der Waals surface area contributed by atoms with Gasteiger partial charge < -0.3 is 35.2 Å². The number of amides is 1. The van der Waals surface area contributed by atoms with Crippen LogP contribution in [-0.2, 0) is 28.9 Å². The summed E-state index contributed by atoms with van der Waals surface area (Å²) < 4.78 is 47.3. The number of ether oxygens (including phenoxy) is 2. The lowest BCUT2D eigenvalue weighted by molar-refractivity contribution is -0.298. The average molecular weight is 726 g/mol. The number of unbranched alkanes of at least 4 members (excludes halogenated alkanes) is 20. The number of aliphatic hydroxyl groups excluding tert-OH is 4. The highest BCUT2D eigenvalue weighted by Crippen LogP contribution is 2.26. The summed E-state index contributed by atoms with van der Waals surface area (Å²) in [5.74, 6) is -0.232. The van der Waals surface area contributed by atoms with Crippen LogP contribution in [0.25, 0.3) is 0 Å². The van der Waals surface area contributed by atoms with Gasteiger partial charge in [0.15, 0.2) is 6.29 Å². The van der Waals surface area contributed by atoms with Gasteiger partial charge in [0.1, 0.15) is 24.4 Å². The molecule has 7 atom stereocenters. The van der Waals surface area contributed by atoms with Crippen molar-refractivity contribution in [2.75, 3.05) is 13.2 Å². The third-order valence-corrected chi connectivity index (χ3v) is 9.88. The molecule has 12 nitrogen and oxygen atoms in total. The van der Waals surface area contributed by atoms with Crippen molar-refractivity contribution >= 4 is 16.3 Å². The van der Waals surface area contributed by atoms with Crippen LogP contribution < -0.4 is 5.32 Å². The van der Waals surface area contributed by atoms with Gasteiger partial charge >= 0.3 is 10.4 Å². The zero-order chi connectivity index (χ0) is 36.3. The molecular weight excluding hydrogens is 654 g/mol. The number of hydrogen-bond acceptors (Lipinski definition) is 10. The molecule has 7 unspecified atom stereocenters. The van der Waals surface area contributed by atoms with E-state index in [-0.39, 0.29) is 12.5 Å². The van der Waals surface area contributed by atoms with E-state index in [1.165, 1.54) is 89.9 Å². The van der Waals surface area contributed by atoms with Crippen LogP contribution in [0.4, 0.5) is 0 Å². The molecule has 13 heteroatoms. The number of rotatable bonds is 32. The van der Waals surface area contributed by atoms with Gasteiger partial charge in [-0.3, -0.25) is 9.35 Å². The Balaban J connectivity index is 2.60. The third kappa shape index (κ3) is 22.6. The molecule has 0 bridgehead atoms. The molecule has 49 heavy (non-hydrogen) atoms. The Labute approximate surface area is 297 Å². The van der Waals surface area contributed by atoms with Gasteiger partial charge in [0.2, 0.25) is 5.91 Å². The normalized spacial score (nSPS) is 22.6. The molecular formula is C36H71NO11S. The molecule has 1 saturated heterocycles. The molecule has 0 aromatic carbocycles. The molecule has 0 aromatic heterocycles. The van der Waals surface area contributed by atoms with Crippen LogP contribution in [0.3, 0.4) is 0 Å². The Kier molecular flexibility index (Phi) is 27.0. The van der Waals surface area contributed by atoms with Crippen LogP contribution in [0, 0.1) is 0 Å². The molecule has 0 aromatic rings. The van der Waals surface area contributed by atoms with Gasteiger partial charge in [-0.15, -0.1) is 0 Å². The van der Waals surface area contributed by atoms with Crippen LogP contribution in [0.1, 0.15) is 168 Å². The zero-order valence-corrected chi connectivity index (χ0v) is 31.3. The highest BCUT2D eigenvalue weighted by Gasteiger charge is 2.48. The summed E-state index contributed by atoms with van der Waals surface area (Å²) in [6, 6.07) is -0.848. The number of nitrogens with one attached hydrogen (secondary N) is 1. The first-order chi connectivity index (χ1) is 23.5. The van der Waals surface area contributed by atoms with E-state index in [4.69, 9.17) is 14.0 Å². The summed E-state index contributed by atoms with van der Waals surface area (Å²) in [4.78, 5) is 12.9. The fourth-order valence-electron chi connectivity index (χ4n) is 6.34. The van der Waals surface area contributed by atoms with E-state index in [0.717, 1.165) is 51.4 Å². The van der Waals surface area contributed by atoms with Crippen molar-refractivity contribution in [3.8, 4) is 0 Å². The largest absolute Gasteiger partial charge is 0.397 e. The molecule has 1 amide bonds. The standard InChI is InChI=1S/C36H71NO11S/c1-3-5-7-9-11-13-15-16-18-20-22-24-26-32(40)37-29(30(39)25-23-21-19-17-14-12-10-8-6-4-2)28-46-36-34(42)35(48-49(43,44)45)33(41)31(27-38)47-36/h29-31,33-36,38-39,41-42H,3-28H2,1-2H3,(H,37,40)(H,43,44,45). The second kappa shape index (κ2) is 28.7. The van der Waals surface area contributed by atoms with E-state index in [0.29, 0.717) is 12.8 Å². The maximum absolute atomic E-state index is 12.9. The number of carbonyl (C=O) groups excluding carboxylic acids is 1. The zero-order valence-electron chi connectivity index (χ0n) is 30.5. The van der Waals surface area contributed by atoms with Crippen LogP contribution in [0.15, 0.2) is 0 Å². The topological polar surface area (TPSA) is 192 Å². The van der Waals surface area contributed by atoms with Gasteiger partial charge in [0, 0.05) is 6.42 Å². The lowest BCUT2D eigenvalue weighted by Crippen LogP contribution is -2.61. The predicted molar refractivity (Wildman–Crippen MR) is 190 cm³/mol. The molecule has 0 saturated carbocycles. The van der Waals surface area contributed by atoms with Gasteiger partial charge in [0.25, 0.3) is 0 Å². The Morgan fingerprint density at radius 3 is 1.63 bits per heavy atom. The van der Waals surface area contributed by atoms with E-state index in [1.54, 1.807) is 0 Å². The fraction of sp³-hybridized carbons (Fsp3) is 0.972. The maximum Gasteiger partial charge on any atom is 0.397 e. The van der Waals surface area contributed by atoms with E-state index in [2.05, 4.69) is 23.3 Å². The van der Waals surface area contributed by atoms with Crippen molar-refractivity contribution in [3.63, 3.8) is 0 Å². The van der Waals surface area contributed by atoms with Crippen LogP contribution in [-0.4, -0.2) is 95.4 Å². The van der Waals surface area contributed by atoms with E-state index >= 15 is 0 Å². The first-order valence-corrected chi connectivity index (χ1v) is 20.8. The van der Waals surface area contributed by atoms with E-state index < -0.39 is 59.9 Å². The quantitative estimate of drug-likeness (QED) is 0.0359. The SMILES string of the molecule is CCCCCCCCCCCCCCC(=O)NC(COC1OC(CO)C(O)C(OS(=O)(=O)O)C1O)C(O)CCCCCCCCCCCC. The Bertz CT molecular complexity index is 909. The van der Waals surface area contributed by atoms with Crippen molar-refractivity contribution in [2.24, 2.45) is 0 Å². The summed E-state index contributed by atoms with van der Waals surface area (Å²) in [6.07, 6.45) is 16.9. The first-order valence-electron chi connectivity index (χ1n) is 19.4. The average Bonchev–Trinajstić information content (AvgIpc) is 3.06. The Morgan fingerprint density at radius 1 is 0.735 bits per heavy atom. The second-order valence-electron chi connectivity index (χ2n) is 13.9. The fourth-order valence-corrected chi connectivity index (χ4v) is 6.85. The number of hydrogen-bond donors (Lipinski definition) is 6. The van der Waals surface area contributed by atoms with Gasteiger partial charge in [0.05, 0.1) is 25.4 Å². The monoisotopic (exact) mass is 725 g/mol. The van der Waals surface area contributed by atoms with Crippen LogP contribution >= 0.6 is 0 Å². The summed E-state index contributed by atoms with van der Waals surface area (Å²) in [7, 11) is -5.06. The highest BCUT2D eigenvalue weighted by molar-refractivity contribution is 7.80. The second-order valence-corrected chi connectivity index (χ2v) is 14.9. The summed E-state index contributed by atoms with van der Waals surface area (Å²) >= 11 is 0. The van der Waals surface area contributed by atoms with Crippen molar-refractivity contribution in [2.45, 2.75) is 211 Å². The molecule has 0 radical (unpaired) electrons. The summed E-state index contributed by atoms with van der Waals surface area (Å²) in [5.41, 5.74) is 0. The Morgan fingerprint density at radius 2 is 1.18 bits per heavy atom.